The molecule has 1 fully saturated rings. The molecule has 1 N–H and O–H groups in total. The van der Waals surface area contributed by atoms with E-state index in [4.69, 9.17) is 4.74 Å². The molecule has 0 radical (unpaired) electrons. The molecule has 1 unspecified atom stereocenters. The summed E-state index contributed by atoms with van der Waals surface area (Å²) < 4.78 is 19.2. The Morgan fingerprint density at radius 1 is 1.42 bits per heavy atom. The van der Waals surface area contributed by atoms with Gasteiger partial charge in [0, 0.05) is 31.8 Å². The number of benzene rings is 1. The summed E-state index contributed by atoms with van der Waals surface area (Å²) in [6.45, 7) is 7.51. The van der Waals surface area contributed by atoms with Crippen LogP contribution in [0.25, 0.3) is 0 Å². The summed E-state index contributed by atoms with van der Waals surface area (Å²) in [6, 6.07) is 6.86. The third-order valence-corrected chi connectivity index (χ3v) is 4.30. The van der Waals surface area contributed by atoms with Gasteiger partial charge in [0.2, 0.25) is 5.91 Å². The molecule has 1 aliphatic heterocycles. The van der Waals surface area contributed by atoms with E-state index >= 15 is 0 Å². The lowest BCUT2D eigenvalue weighted by atomic mass is 9.96. The molecule has 134 valence electrons. The van der Waals surface area contributed by atoms with Crippen LogP contribution in [0.1, 0.15) is 38.7 Å². The molecule has 2 rings (SSSR count). The van der Waals surface area contributed by atoms with E-state index in [2.05, 4.69) is 10.2 Å². The van der Waals surface area contributed by atoms with Crippen molar-refractivity contribution in [2.24, 2.45) is 5.92 Å². The van der Waals surface area contributed by atoms with Gasteiger partial charge in [0.15, 0.2) is 0 Å². The molecule has 1 heterocycles. The van der Waals surface area contributed by atoms with Crippen LogP contribution in [0.5, 0.6) is 0 Å². The molecule has 0 bridgehead atoms. The van der Waals surface area contributed by atoms with Gasteiger partial charge in [-0.2, -0.15) is 0 Å². The highest BCUT2D eigenvalue weighted by molar-refractivity contribution is 5.78. The Hall–Kier alpha value is -1.46. The Morgan fingerprint density at radius 3 is 2.96 bits per heavy atom. The largest absolute Gasteiger partial charge is 0.379 e. The maximum atomic E-state index is 13.8. The molecule has 0 saturated carbocycles. The maximum Gasteiger partial charge on any atom is 0.224 e. The number of nitrogens with zero attached hydrogens (tertiary/aromatic N) is 1. The van der Waals surface area contributed by atoms with Crippen LogP contribution in [0.15, 0.2) is 24.3 Å². The highest BCUT2D eigenvalue weighted by Crippen LogP contribution is 2.19. The molecule has 1 aromatic rings. The lowest BCUT2D eigenvalue weighted by Gasteiger charge is -2.32. The van der Waals surface area contributed by atoms with Gasteiger partial charge in [-0.05, 0) is 45.7 Å². The molecule has 1 aliphatic rings. The average molecular weight is 336 g/mol. The van der Waals surface area contributed by atoms with E-state index in [0.717, 1.165) is 25.8 Å². The van der Waals surface area contributed by atoms with Crippen LogP contribution < -0.4 is 5.32 Å². The number of amides is 1. The van der Waals surface area contributed by atoms with E-state index < -0.39 is 0 Å². The number of carbonyl (C=O) groups is 1. The fourth-order valence-electron chi connectivity index (χ4n) is 3.03. The maximum absolute atomic E-state index is 13.8. The van der Waals surface area contributed by atoms with Crippen LogP contribution in [-0.4, -0.2) is 43.2 Å². The van der Waals surface area contributed by atoms with Crippen molar-refractivity contribution in [3.05, 3.63) is 35.6 Å². The van der Waals surface area contributed by atoms with Crippen LogP contribution in [0.3, 0.4) is 0 Å². The summed E-state index contributed by atoms with van der Waals surface area (Å²) in [5.41, 5.74) is 0.699. The zero-order valence-corrected chi connectivity index (χ0v) is 14.8. The first-order valence-corrected chi connectivity index (χ1v) is 8.91. The topological polar surface area (TPSA) is 41.6 Å². The van der Waals surface area contributed by atoms with Gasteiger partial charge < -0.3 is 10.1 Å². The van der Waals surface area contributed by atoms with Crippen LogP contribution in [-0.2, 0) is 16.1 Å². The zero-order chi connectivity index (χ0) is 17.4. The Morgan fingerprint density at radius 2 is 2.21 bits per heavy atom. The van der Waals surface area contributed by atoms with Crippen molar-refractivity contribution < 1.29 is 13.9 Å². The molecule has 0 spiro atoms. The minimum atomic E-state index is -0.172. The first-order valence-electron chi connectivity index (χ1n) is 8.91. The first kappa shape index (κ1) is 18.9. The van der Waals surface area contributed by atoms with E-state index in [1.807, 2.05) is 26.0 Å². The number of piperidine rings is 1. The minimum Gasteiger partial charge on any atom is -0.379 e. The zero-order valence-electron chi connectivity index (χ0n) is 14.8. The van der Waals surface area contributed by atoms with Gasteiger partial charge in [0.05, 0.1) is 12.0 Å². The standard InChI is InChI=1S/C19H29FN2O2/c1-15(2)24-12-6-10-21-19(23)17-8-5-11-22(14-17)13-16-7-3-4-9-18(16)20/h3-4,7,9,15,17H,5-6,8,10-14H2,1-2H3,(H,21,23). The number of halogens is 1. The third-order valence-electron chi connectivity index (χ3n) is 4.30. The van der Waals surface area contributed by atoms with Crippen molar-refractivity contribution >= 4 is 5.91 Å². The Bertz CT molecular complexity index is 522. The summed E-state index contributed by atoms with van der Waals surface area (Å²) in [4.78, 5) is 14.5. The van der Waals surface area contributed by atoms with Gasteiger partial charge in [-0.1, -0.05) is 18.2 Å². The average Bonchev–Trinajstić information content (AvgIpc) is 2.56. The molecule has 1 amide bonds. The predicted octanol–water partition coefficient (Wildman–Crippen LogP) is 2.97. The van der Waals surface area contributed by atoms with E-state index in [9.17, 15) is 9.18 Å². The van der Waals surface area contributed by atoms with Crippen molar-refractivity contribution in [2.75, 3.05) is 26.2 Å². The molecule has 0 aromatic heterocycles. The first-order chi connectivity index (χ1) is 11.6. The van der Waals surface area contributed by atoms with Gasteiger partial charge in [-0.25, -0.2) is 4.39 Å². The van der Waals surface area contributed by atoms with Gasteiger partial charge in [-0.3, -0.25) is 9.69 Å². The van der Waals surface area contributed by atoms with Crippen molar-refractivity contribution in [3.8, 4) is 0 Å². The monoisotopic (exact) mass is 336 g/mol. The molecule has 4 nitrogen and oxygen atoms in total. The molecule has 1 atom stereocenters. The fourth-order valence-corrected chi connectivity index (χ4v) is 3.03. The number of hydrogen-bond donors (Lipinski definition) is 1. The van der Waals surface area contributed by atoms with Gasteiger partial charge in [0.1, 0.15) is 5.82 Å². The summed E-state index contributed by atoms with van der Waals surface area (Å²) in [6.07, 6.45) is 2.94. The second kappa shape index (κ2) is 9.74. The quantitative estimate of drug-likeness (QED) is 0.742. The molecule has 24 heavy (non-hydrogen) atoms. The summed E-state index contributed by atoms with van der Waals surface area (Å²) in [5.74, 6) is -0.0662. The predicted molar refractivity (Wildman–Crippen MR) is 93.1 cm³/mol. The minimum absolute atomic E-state index is 0.00320. The number of carbonyl (C=O) groups excluding carboxylic acids is 1. The summed E-state index contributed by atoms with van der Waals surface area (Å²) in [5, 5.41) is 3.00. The molecule has 5 heteroatoms. The second-order valence-corrected chi connectivity index (χ2v) is 6.73. The van der Waals surface area contributed by atoms with Gasteiger partial charge in [-0.15, -0.1) is 0 Å². The van der Waals surface area contributed by atoms with Gasteiger partial charge in [0.25, 0.3) is 0 Å². The van der Waals surface area contributed by atoms with Crippen LogP contribution in [0.4, 0.5) is 4.39 Å². The van der Waals surface area contributed by atoms with Crippen LogP contribution in [0.2, 0.25) is 0 Å². The van der Waals surface area contributed by atoms with Crippen LogP contribution >= 0.6 is 0 Å². The SMILES string of the molecule is CC(C)OCCCNC(=O)C1CCCN(Cc2ccccc2F)C1. The number of likely N-dealkylation sites (tertiary alicyclic amines) is 1. The Balaban J connectivity index is 1.74. The highest BCUT2D eigenvalue weighted by Gasteiger charge is 2.25. The smallest absolute Gasteiger partial charge is 0.224 e. The normalized spacial score (nSPS) is 18.8. The summed E-state index contributed by atoms with van der Waals surface area (Å²) >= 11 is 0. The fraction of sp³-hybridized carbons (Fsp3) is 0.632. The Labute approximate surface area is 144 Å². The number of rotatable bonds is 8. The van der Waals surface area contributed by atoms with Crippen molar-refractivity contribution in [1.29, 1.82) is 0 Å². The van der Waals surface area contributed by atoms with Crippen molar-refractivity contribution in [2.45, 2.75) is 45.8 Å². The summed E-state index contributed by atoms with van der Waals surface area (Å²) in [7, 11) is 0. The van der Waals surface area contributed by atoms with E-state index in [1.165, 1.54) is 6.07 Å². The van der Waals surface area contributed by atoms with E-state index in [0.29, 0.717) is 31.8 Å². The molecule has 1 aromatic carbocycles. The molecule has 1 saturated heterocycles. The second-order valence-electron chi connectivity index (χ2n) is 6.73. The van der Waals surface area contributed by atoms with Crippen molar-refractivity contribution in [1.82, 2.24) is 10.2 Å². The van der Waals surface area contributed by atoms with Gasteiger partial charge >= 0.3 is 0 Å². The lowest BCUT2D eigenvalue weighted by molar-refractivity contribution is -0.126. The van der Waals surface area contributed by atoms with E-state index in [1.54, 1.807) is 6.07 Å². The molecule has 0 aliphatic carbocycles. The Kier molecular flexibility index (Phi) is 7.66. The molecular formula is C19H29FN2O2. The number of ether oxygens (including phenoxy) is 1. The lowest BCUT2D eigenvalue weighted by Crippen LogP contribution is -2.43. The highest BCUT2D eigenvalue weighted by atomic mass is 19.1. The third kappa shape index (κ3) is 6.21. The number of nitrogens with one attached hydrogen (secondary N) is 1. The number of hydrogen-bond acceptors (Lipinski definition) is 3. The molecular weight excluding hydrogens is 307 g/mol. The van der Waals surface area contributed by atoms with E-state index in [-0.39, 0.29) is 23.7 Å². The van der Waals surface area contributed by atoms with Crippen LogP contribution in [0, 0.1) is 11.7 Å². The van der Waals surface area contributed by atoms with Crippen molar-refractivity contribution in [3.63, 3.8) is 0 Å².